The average Bonchev–Trinajstić information content (AvgIpc) is 3.11. The van der Waals surface area contributed by atoms with Crippen LogP contribution < -0.4 is 11.1 Å². The lowest BCUT2D eigenvalue weighted by atomic mass is 9.99. The molecule has 2 aromatic carbocycles. The highest BCUT2D eigenvalue weighted by molar-refractivity contribution is 6.30. The van der Waals surface area contributed by atoms with Crippen molar-refractivity contribution in [1.29, 1.82) is 0 Å². The third kappa shape index (κ3) is 3.34. The zero-order valence-electron chi connectivity index (χ0n) is 13.5. The fourth-order valence-corrected chi connectivity index (χ4v) is 3.01. The van der Waals surface area contributed by atoms with Crippen LogP contribution in [0.3, 0.4) is 0 Å². The minimum atomic E-state index is -0.349. The lowest BCUT2D eigenvalue weighted by molar-refractivity contribution is 0.858. The Bertz CT molecular complexity index is 899. The van der Waals surface area contributed by atoms with Crippen molar-refractivity contribution in [2.75, 3.05) is 0 Å². The molecular formula is C18H14Cl2N6. The highest BCUT2D eigenvalue weighted by atomic mass is 35.5. The molecule has 1 atom stereocenters. The minimum absolute atomic E-state index is 0.303. The van der Waals surface area contributed by atoms with Crippen LogP contribution in [-0.2, 0) is 0 Å². The Morgan fingerprint density at radius 2 is 1.54 bits per heavy atom. The number of benzene rings is 2. The maximum atomic E-state index is 6.02. The number of nitrogens with zero attached hydrogens (tertiary/aromatic N) is 4. The van der Waals surface area contributed by atoms with Gasteiger partial charge in [-0.05, 0) is 35.4 Å². The van der Waals surface area contributed by atoms with E-state index in [1.807, 2.05) is 48.5 Å². The topological polar surface area (TPSA) is 87.5 Å². The molecule has 0 aromatic heterocycles. The molecule has 0 radical (unpaired) electrons. The summed E-state index contributed by atoms with van der Waals surface area (Å²) in [5.74, 6) is 1.38. The zero-order valence-corrected chi connectivity index (χ0v) is 15.0. The molecule has 2 heterocycles. The highest BCUT2D eigenvalue weighted by Crippen LogP contribution is 2.28. The molecular weight excluding hydrogens is 371 g/mol. The van der Waals surface area contributed by atoms with Gasteiger partial charge in [0.1, 0.15) is 24.1 Å². The van der Waals surface area contributed by atoms with E-state index >= 15 is 0 Å². The van der Waals surface area contributed by atoms with E-state index in [0.717, 1.165) is 11.1 Å². The Labute approximate surface area is 160 Å². The van der Waals surface area contributed by atoms with Gasteiger partial charge in [0.25, 0.3) is 0 Å². The Morgan fingerprint density at radius 3 is 2.12 bits per heavy atom. The quantitative estimate of drug-likeness (QED) is 0.850. The summed E-state index contributed by atoms with van der Waals surface area (Å²) in [7, 11) is 0. The van der Waals surface area contributed by atoms with Crippen molar-refractivity contribution in [3.63, 3.8) is 0 Å². The van der Waals surface area contributed by atoms with E-state index in [2.05, 4.69) is 20.3 Å². The van der Waals surface area contributed by atoms with Crippen molar-refractivity contribution in [3.8, 4) is 0 Å². The summed E-state index contributed by atoms with van der Waals surface area (Å²) in [6.45, 7) is 0. The lowest BCUT2D eigenvalue weighted by Gasteiger charge is -2.21. The first-order chi connectivity index (χ1) is 12.6. The number of amidine groups is 2. The van der Waals surface area contributed by atoms with Crippen molar-refractivity contribution in [3.05, 3.63) is 69.7 Å². The number of hydrogen-bond donors (Lipinski definition) is 2. The number of hydrogen-bond acceptors (Lipinski definition) is 4. The molecule has 4 rings (SSSR count). The molecule has 2 aromatic rings. The summed E-state index contributed by atoms with van der Waals surface area (Å²) in [4.78, 5) is 17.4. The van der Waals surface area contributed by atoms with Crippen LogP contribution in [0.25, 0.3) is 0 Å². The summed E-state index contributed by atoms with van der Waals surface area (Å²) < 4.78 is 0. The number of nitrogens with two attached hydrogens (primary N) is 1. The second kappa shape index (κ2) is 6.90. The Balaban J connectivity index is 1.76. The monoisotopic (exact) mass is 384 g/mol. The van der Waals surface area contributed by atoms with Crippen LogP contribution in [0.5, 0.6) is 0 Å². The number of aliphatic imine (C=N–C) groups is 4. The number of rotatable bonds is 3. The maximum absolute atomic E-state index is 6.02. The molecule has 0 fully saturated rings. The molecule has 2 aliphatic rings. The summed E-state index contributed by atoms with van der Waals surface area (Å²) in [6, 6.07) is 14.4. The molecule has 1 unspecified atom stereocenters. The Kier molecular flexibility index (Phi) is 4.44. The van der Waals surface area contributed by atoms with Crippen LogP contribution in [-0.4, -0.2) is 30.0 Å². The smallest absolute Gasteiger partial charge is 0.226 e. The molecule has 0 saturated carbocycles. The second-order valence-corrected chi connectivity index (χ2v) is 6.67. The van der Waals surface area contributed by atoms with Gasteiger partial charge >= 0.3 is 0 Å². The number of guanidine groups is 1. The Morgan fingerprint density at radius 1 is 0.962 bits per heavy atom. The molecule has 8 heteroatoms. The molecule has 26 heavy (non-hydrogen) atoms. The van der Waals surface area contributed by atoms with Gasteiger partial charge in [0.15, 0.2) is 6.04 Å². The maximum Gasteiger partial charge on any atom is 0.226 e. The summed E-state index contributed by atoms with van der Waals surface area (Å²) in [5.41, 5.74) is 7.93. The highest BCUT2D eigenvalue weighted by Gasteiger charge is 2.28. The standard InChI is InChI=1S/C18H14Cl2N6/c19-12-5-1-10(2-6-12)14(11-3-7-13(20)8-4-11)24-18-25-16(21)15-17(26-18)23-9-22-15/h1-9,14-15H,(H3,21,22,23,24,25,26). The van der Waals surface area contributed by atoms with Crippen LogP contribution >= 0.6 is 23.2 Å². The molecule has 0 saturated heterocycles. The average molecular weight is 385 g/mol. The van der Waals surface area contributed by atoms with Gasteiger partial charge in [0, 0.05) is 10.0 Å². The predicted octanol–water partition coefficient (Wildman–Crippen LogP) is 3.21. The number of fused-ring (bicyclic) bond motifs is 1. The van der Waals surface area contributed by atoms with Crippen LogP contribution in [0.2, 0.25) is 10.0 Å². The van der Waals surface area contributed by atoms with E-state index in [-0.39, 0.29) is 12.1 Å². The fraction of sp³-hybridized carbons (Fsp3) is 0.111. The minimum Gasteiger partial charge on any atom is -0.385 e. The largest absolute Gasteiger partial charge is 0.385 e. The summed E-state index contributed by atoms with van der Waals surface area (Å²) in [6.07, 6.45) is 1.47. The normalized spacial score (nSPS) is 20.0. The molecule has 0 amide bonds. The number of halogens is 2. The van der Waals surface area contributed by atoms with Crippen molar-refractivity contribution in [2.24, 2.45) is 25.7 Å². The first-order valence-electron chi connectivity index (χ1n) is 7.89. The lowest BCUT2D eigenvalue weighted by Crippen LogP contribution is -2.48. The van der Waals surface area contributed by atoms with Crippen molar-refractivity contribution < 1.29 is 0 Å². The van der Waals surface area contributed by atoms with Gasteiger partial charge in [-0.1, -0.05) is 47.5 Å². The van der Waals surface area contributed by atoms with Gasteiger partial charge < -0.3 is 11.1 Å². The first kappa shape index (κ1) is 16.8. The molecule has 6 nitrogen and oxygen atoms in total. The molecule has 0 aliphatic carbocycles. The van der Waals surface area contributed by atoms with Gasteiger partial charge in [-0.25, -0.2) is 9.98 Å². The van der Waals surface area contributed by atoms with Crippen LogP contribution in [0.1, 0.15) is 17.2 Å². The summed E-state index contributed by atoms with van der Waals surface area (Å²) >= 11 is 12.0. The van der Waals surface area contributed by atoms with E-state index in [1.165, 1.54) is 6.34 Å². The van der Waals surface area contributed by atoms with E-state index in [9.17, 15) is 0 Å². The fourth-order valence-electron chi connectivity index (χ4n) is 2.76. The molecule has 130 valence electrons. The third-order valence-corrected chi connectivity index (χ3v) is 4.55. The van der Waals surface area contributed by atoms with Gasteiger partial charge in [0.05, 0.1) is 0 Å². The van der Waals surface area contributed by atoms with Crippen molar-refractivity contribution >= 4 is 47.2 Å². The predicted molar refractivity (Wildman–Crippen MR) is 107 cm³/mol. The van der Waals surface area contributed by atoms with Gasteiger partial charge in [0.2, 0.25) is 5.96 Å². The van der Waals surface area contributed by atoms with E-state index < -0.39 is 0 Å². The van der Waals surface area contributed by atoms with Crippen molar-refractivity contribution in [2.45, 2.75) is 12.1 Å². The molecule has 0 bridgehead atoms. The number of nitrogens with one attached hydrogen (secondary N) is 1. The summed E-state index contributed by atoms with van der Waals surface area (Å²) in [5, 5.41) is 4.42. The molecule has 3 N–H and O–H groups in total. The van der Waals surface area contributed by atoms with Crippen LogP contribution in [0, 0.1) is 0 Å². The third-order valence-electron chi connectivity index (χ3n) is 4.05. The molecule has 2 aliphatic heterocycles. The Hall–Kier alpha value is -2.70. The van der Waals surface area contributed by atoms with Gasteiger partial charge in [-0.15, -0.1) is 0 Å². The van der Waals surface area contributed by atoms with E-state index in [4.69, 9.17) is 33.9 Å². The first-order valence-corrected chi connectivity index (χ1v) is 8.65. The molecule has 0 spiro atoms. The van der Waals surface area contributed by atoms with E-state index in [1.54, 1.807) is 0 Å². The van der Waals surface area contributed by atoms with Crippen LogP contribution in [0.4, 0.5) is 0 Å². The zero-order chi connectivity index (χ0) is 18.1. The van der Waals surface area contributed by atoms with Crippen LogP contribution in [0.15, 0.2) is 68.5 Å². The SMILES string of the molecule is NC1=NC(=NC(c2ccc(Cl)cc2)c2ccc(Cl)cc2)NC2=NC=NC12. The van der Waals surface area contributed by atoms with Gasteiger partial charge in [-0.2, -0.15) is 4.99 Å². The van der Waals surface area contributed by atoms with Crippen molar-refractivity contribution in [1.82, 2.24) is 5.32 Å². The van der Waals surface area contributed by atoms with E-state index in [0.29, 0.717) is 27.7 Å². The second-order valence-electron chi connectivity index (χ2n) is 5.80. The van der Waals surface area contributed by atoms with Gasteiger partial charge in [-0.3, -0.25) is 4.99 Å².